The van der Waals surface area contributed by atoms with Crippen molar-refractivity contribution in [2.75, 3.05) is 0 Å². The van der Waals surface area contributed by atoms with Gasteiger partial charge in [0.15, 0.2) is 0 Å². The lowest BCUT2D eigenvalue weighted by Gasteiger charge is -2.09. The van der Waals surface area contributed by atoms with Gasteiger partial charge in [0.25, 0.3) is 0 Å². The first kappa shape index (κ1) is 12.7. The predicted molar refractivity (Wildman–Crippen MR) is 72.9 cm³/mol. The maximum atomic E-state index is 5.82. The Labute approximate surface area is 108 Å². The highest BCUT2D eigenvalue weighted by Crippen LogP contribution is 2.21. The molecule has 0 saturated heterocycles. The molecule has 96 valence electrons. The van der Waals surface area contributed by atoms with Crippen LogP contribution >= 0.6 is 0 Å². The average Bonchev–Trinajstić information content (AvgIpc) is 2.80. The van der Waals surface area contributed by atoms with Crippen molar-refractivity contribution in [3.8, 4) is 5.75 Å². The van der Waals surface area contributed by atoms with Gasteiger partial charge in [0.05, 0.1) is 5.69 Å². The zero-order chi connectivity index (χ0) is 13.1. The van der Waals surface area contributed by atoms with E-state index in [1.807, 2.05) is 29.1 Å². The van der Waals surface area contributed by atoms with Crippen LogP contribution in [0.5, 0.6) is 5.75 Å². The fourth-order valence-corrected chi connectivity index (χ4v) is 1.77. The molecule has 0 fully saturated rings. The summed E-state index contributed by atoms with van der Waals surface area (Å²) >= 11 is 0. The molecule has 0 bridgehead atoms. The second-order valence-corrected chi connectivity index (χ2v) is 4.87. The topological polar surface area (TPSA) is 27.1 Å². The molecule has 0 aliphatic rings. The molecule has 0 aliphatic carbocycles. The van der Waals surface area contributed by atoms with Crippen LogP contribution in [0.4, 0.5) is 0 Å². The van der Waals surface area contributed by atoms with Gasteiger partial charge in [0, 0.05) is 12.2 Å². The Kier molecular flexibility index (Phi) is 3.70. The maximum Gasteiger partial charge on any atom is 0.132 e. The minimum Gasteiger partial charge on any atom is -0.487 e. The lowest BCUT2D eigenvalue weighted by Crippen LogP contribution is -2.03. The minimum atomic E-state index is 0.388. The zero-order valence-corrected chi connectivity index (χ0v) is 11.5. The molecule has 3 nitrogen and oxygen atoms in total. The third-order valence-corrected chi connectivity index (χ3v) is 3.12. The van der Waals surface area contributed by atoms with Crippen LogP contribution in [0.3, 0.4) is 0 Å². The summed E-state index contributed by atoms with van der Waals surface area (Å²) in [5.74, 6) is 0.939. The highest BCUT2D eigenvalue weighted by molar-refractivity contribution is 5.38. The number of aryl methyl sites for hydroxylation is 1. The van der Waals surface area contributed by atoms with Crippen LogP contribution in [0.25, 0.3) is 0 Å². The first-order chi connectivity index (χ1) is 8.58. The normalized spacial score (nSPS) is 10.9. The first-order valence-electron chi connectivity index (χ1n) is 6.31. The summed E-state index contributed by atoms with van der Waals surface area (Å²) in [5, 5.41) is 4.47. The largest absolute Gasteiger partial charge is 0.487 e. The standard InChI is InChI=1S/C15H20N2O/c1-11(2)17-9-8-14(16-17)10-18-15-7-5-6-12(3)13(15)4/h5-9,11H,10H2,1-4H3. The van der Waals surface area contributed by atoms with E-state index in [-0.39, 0.29) is 0 Å². The van der Waals surface area contributed by atoms with E-state index in [1.165, 1.54) is 11.1 Å². The summed E-state index contributed by atoms with van der Waals surface area (Å²) in [6.45, 7) is 8.92. The van der Waals surface area contributed by atoms with Gasteiger partial charge in [-0.1, -0.05) is 12.1 Å². The number of nitrogens with zero attached hydrogens (tertiary/aromatic N) is 2. The Hall–Kier alpha value is -1.77. The van der Waals surface area contributed by atoms with Crippen LogP contribution in [-0.2, 0) is 6.61 Å². The summed E-state index contributed by atoms with van der Waals surface area (Å²) in [6.07, 6.45) is 1.99. The fourth-order valence-electron chi connectivity index (χ4n) is 1.77. The summed E-state index contributed by atoms with van der Waals surface area (Å²) < 4.78 is 7.77. The van der Waals surface area contributed by atoms with Crippen molar-refractivity contribution < 1.29 is 4.74 Å². The SMILES string of the molecule is Cc1cccc(OCc2ccn(C(C)C)n2)c1C. The van der Waals surface area contributed by atoms with Gasteiger partial charge in [-0.05, 0) is 51.0 Å². The van der Waals surface area contributed by atoms with Crippen molar-refractivity contribution >= 4 is 0 Å². The van der Waals surface area contributed by atoms with Crippen molar-refractivity contribution in [3.05, 3.63) is 47.3 Å². The number of aromatic nitrogens is 2. The van der Waals surface area contributed by atoms with E-state index in [0.717, 1.165) is 11.4 Å². The Bertz CT molecular complexity index is 529. The van der Waals surface area contributed by atoms with E-state index in [9.17, 15) is 0 Å². The highest BCUT2D eigenvalue weighted by atomic mass is 16.5. The molecule has 2 aromatic rings. The van der Waals surface area contributed by atoms with Gasteiger partial charge in [-0.3, -0.25) is 4.68 Å². The Balaban J connectivity index is 2.04. The molecular weight excluding hydrogens is 224 g/mol. The quantitative estimate of drug-likeness (QED) is 0.820. The van der Waals surface area contributed by atoms with E-state index in [0.29, 0.717) is 12.6 Å². The average molecular weight is 244 g/mol. The van der Waals surface area contributed by atoms with Crippen molar-refractivity contribution in [2.45, 2.75) is 40.3 Å². The fraction of sp³-hybridized carbons (Fsp3) is 0.400. The minimum absolute atomic E-state index is 0.388. The molecular formula is C15H20N2O. The van der Waals surface area contributed by atoms with E-state index < -0.39 is 0 Å². The van der Waals surface area contributed by atoms with Crippen LogP contribution in [-0.4, -0.2) is 9.78 Å². The number of rotatable bonds is 4. The lowest BCUT2D eigenvalue weighted by molar-refractivity contribution is 0.296. The second-order valence-electron chi connectivity index (χ2n) is 4.87. The number of ether oxygens (including phenoxy) is 1. The summed E-state index contributed by atoms with van der Waals surface area (Å²) in [5.41, 5.74) is 3.41. The third-order valence-electron chi connectivity index (χ3n) is 3.12. The first-order valence-corrected chi connectivity index (χ1v) is 6.31. The summed E-state index contributed by atoms with van der Waals surface area (Å²) in [7, 11) is 0. The molecule has 1 aromatic heterocycles. The number of benzene rings is 1. The lowest BCUT2D eigenvalue weighted by atomic mass is 10.1. The van der Waals surface area contributed by atoms with Gasteiger partial charge in [-0.15, -0.1) is 0 Å². The Morgan fingerprint density at radius 1 is 1.22 bits per heavy atom. The molecule has 0 N–H and O–H groups in total. The smallest absolute Gasteiger partial charge is 0.132 e. The van der Waals surface area contributed by atoms with Crippen molar-refractivity contribution in [1.29, 1.82) is 0 Å². The Morgan fingerprint density at radius 2 is 2.00 bits per heavy atom. The highest BCUT2D eigenvalue weighted by Gasteiger charge is 2.05. The molecule has 0 saturated carbocycles. The third kappa shape index (κ3) is 2.73. The molecule has 2 rings (SSSR count). The van der Waals surface area contributed by atoms with Crippen LogP contribution in [0.15, 0.2) is 30.5 Å². The van der Waals surface area contributed by atoms with Crippen molar-refractivity contribution in [2.24, 2.45) is 0 Å². The maximum absolute atomic E-state index is 5.82. The van der Waals surface area contributed by atoms with Crippen LogP contribution < -0.4 is 4.74 Å². The van der Waals surface area contributed by atoms with Gasteiger partial charge in [-0.25, -0.2) is 0 Å². The van der Waals surface area contributed by atoms with Crippen molar-refractivity contribution in [3.63, 3.8) is 0 Å². The van der Waals surface area contributed by atoms with Gasteiger partial charge >= 0.3 is 0 Å². The molecule has 0 aliphatic heterocycles. The van der Waals surface area contributed by atoms with Crippen LogP contribution in [0, 0.1) is 13.8 Å². The van der Waals surface area contributed by atoms with Crippen LogP contribution in [0.1, 0.15) is 36.7 Å². The van der Waals surface area contributed by atoms with Crippen LogP contribution in [0.2, 0.25) is 0 Å². The summed E-state index contributed by atoms with van der Waals surface area (Å²) in [4.78, 5) is 0. The predicted octanol–water partition coefficient (Wildman–Crippen LogP) is 3.66. The van der Waals surface area contributed by atoms with Gasteiger partial charge in [0.1, 0.15) is 12.4 Å². The molecule has 0 atom stereocenters. The second kappa shape index (κ2) is 5.25. The van der Waals surface area contributed by atoms with Gasteiger partial charge < -0.3 is 4.74 Å². The number of hydrogen-bond donors (Lipinski definition) is 0. The Morgan fingerprint density at radius 3 is 2.67 bits per heavy atom. The van der Waals surface area contributed by atoms with Crippen molar-refractivity contribution in [1.82, 2.24) is 9.78 Å². The zero-order valence-electron chi connectivity index (χ0n) is 11.5. The monoisotopic (exact) mass is 244 g/mol. The van der Waals surface area contributed by atoms with E-state index in [4.69, 9.17) is 4.74 Å². The number of hydrogen-bond acceptors (Lipinski definition) is 2. The van der Waals surface area contributed by atoms with E-state index in [1.54, 1.807) is 0 Å². The molecule has 0 radical (unpaired) electrons. The molecule has 1 aromatic carbocycles. The molecule has 3 heteroatoms. The molecule has 0 unspecified atom stereocenters. The van der Waals surface area contributed by atoms with Gasteiger partial charge in [-0.2, -0.15) is 5.10 Å². The molecule has 0 amide bonds. The van der Waals surface area contributed by atoms with Gasteiger partial charge in [0.2, 0.25) is 0 Å². The summed E-state index contributed by atoms with van der Waals surface area (Å²) in [6, 6.07) is 8.51. The van der Waals surface area contributed by atoms with E-state index in [2.05, 4.69) is 38.9 Å². The van der Waals surface area contributed by atoms with E-state index >= 15 is 0 Å². The molecule has 18 heavy (non-hydrogen) atoms. The molecule has 1 heterocycles. The molecule has 0 spiro atoms.